The molecule has 1 aliphatic rings. The molecule has 0 aliphatic heterocycles. The van der Waals surface area contributed by atoms with Crippen LogP contribution in [0.2, 0.25) is 0 Å². The largest absolute Gasteiger partial charge is 2.00 e. The number of hydrogen-bond acceptors (Lipinski definition) is 2. The molecule has 1 aliphatic carbocycles. The van der Waals surface area contributed by atoms with E-state index in [1.807, 2.05) is 30.3 Å². The number of ketones is 1. The molecule has 0 bridgehead atoms. The van der Waals surface area contributed by atoms with E-state index in [0.717, 1.165) is 5.69 Å². The Balaban J connectivity index is 0.000000643. The standard InChI is InChI=1S/C16H14FNO.C10H14.ClH.Ru/c1-12(18-15-8-3-2-4-9-15)10-16(19)13-6-5-7-14(17)11-13;1-8(2)10-6-4-9(3)5-7-10;;/h2-9,11H,10H2,1H3;4-8H,1-3H3;1H;/q;;;+2/p-1. The van der Waals surface area contributed by atoms with Crippen LogP contribution in [0.15, 0.2) is 59.6 Å². The van der Waals surface area contributed by atoms with Crippen LogP contribution in [0, 0.1) is 49.3 Å². The average Bonchev–Trinajstić information content (AvgIpc) is 2.69. The average molecular weight is 526 g/mol. The molecule has 1 fully saturated rings. The zero-order valence-electron chi connectivity index (χ0n) is 18.3. The molecule has 0 amide bonds. The molecule has 5 heteroatoms. The molecule has 2 aromatic carbocycles. The first-order chi connectivity index (χ1) is 13.8. The summed E-state index contributed by atoms with van der Waals surface area (Å²) >= 11 is 0. The first-order valence-electron chi connectivity index (χ1n) is 9.79. The van der Waals surface area contributed by atoms with E-state index in [1.54, 1.807) is 13.0 Å². The summed E-state index contributed by atoms with van der Waals surface area (Å²) in [4.78, 5) is 16.3. The predicted octanol–water partition coefficient (Wildman–Crippen LogP) is 3.83. The van der Waals surface area contributed by atoms with Crippen molar-refractivity contribution >= 4 is 17.2 Å². The van der Waals surface area contributed by atoms with Gasteiger partial charge in [0.05, 0.1) is 5.69 Å². The Morgan fingerprint density at radius 1 is 0.968 bits per heavy atom. The van der Waals surface area contributed by atoms with Crippen LogP contribution in [0.25, 0.3) is 0 Å². The molecule has 0 heterocycles. The number of carbonyl (C=O) groups is 1. The van der Waals surface area contributed by atoms with E-state index in [0.29, 0.717) is 17.2 Å². The number of benzene rings is 2. The van der Waals surface area contributed by atoms with Gasteiger partial charge in [0.1, 0.15) is 5.82 Å². The predicted molar refractivity (Wildman–Crippen MR) is 119 cm³/mol. The summed E-state index contributed by atoms with van der Waals surface area (Å²) in [6, 6.07) is 15.1. The van der Waals surface area contributed by atoms with Crippen molar-refractivity contribution < 1.29 is 41.1 Å². The maximum absolute atomic E-state index is 13.0. The summed E-state index contributed by atoms with van der Waals surface area (Å²) in [6.07, 6.45) is 8.91. The van der Waals surface area contributed by atoms with Gasteiger partial charge in [0.25, 0.3) is 0 Å². The van der Waals surface area contributed by atoms with Gasteiger partial charge in [-0.1, -0.05) is 51.1 Å². The number of Topliss-reactive ketones (excluding diaryl/α,β-unsaturated/α-hetero) is 1. The SMILES string of the molecule is CC(CC(=O)c1cccc(F)c1)=Nc1ccccc1.C[C]1[CH][CH][C](C(C)C)[CH][CH]1.[Cl-].[Ru+2]. The minimum absolute atomic E-state index is 0. The Bertz CT molecular complexity index is 802. The van der Waals surface area contributed by atoms with Gasteiger partial charge in [-0.05, 0) is 74.6 Å². The smallest absolute Gasteiger partial charge is 1.00 e. The summed E-state index contributed by atoms with van der Waals surface area (Å²) < 4.78 is 13.0. The second kappa shape index (κ2) is 15.4. The maximum Gasteiger partial charge on any atom is 2.00 e. The molecule has 1 saturated carbocycles. The minimum Gasteiger partial charge on any atom is -1.00 e. The Morgan fingerprint density at radius 3 is 2.13 bits per heavy atom. The molecule has 0 aromatic heterocycles. The molecule has 0 atom stereocenters. The fourth-order valence-electron chi connectivity index (χ4n) is 2.71. The summed E-state index contributed by atoms with van der Waals surface area (Å²) in [5.41, 5.74) is 1.90. The van der Waals surface area contributed by atoms with E-state index >= 15 is 0 Å². The van der Waals surface area contributed by atoms with E-state index in [9.17, 15) is 9.18 Å². The van der Waals surface area contributed by atoms with Crippen LogP contribution < -0.4 is 12.4 Å². The van der Waals surface area contributed by atoms with E-state index in [-0.39, 0.29) is 44.1 Å². The van der Waals surface area contributed by atoms with Crippen LogP contribution in [-0.4, -0.2) is 11.5 Å². The van der Waals surface area contributed by atoms with Gasteiger partial charge in [0.15, 0.2) is 5.78 Å². The molecule has 0 spiro atoms. The first-order valence-corrected chi connectivity index (χ1v) is 9.79. The van der Waals surface area contributed by atoms with E-state index < -0.39 is 5.82 Å². The first kappa shape index (κ1) is 29.6. The van der Waals surface area contributed by atoms with Gasteiger partial charge < -0.3 is 12.4 Å². The van der Waals surface area contributed by atoms with Gasteiger partial charge in [0, 0.05) is 17.7 Å². The third-order valence-electron chi connectivity index (χ3n) is 4.38. The van der Waals surface area contributed by atoms with Gasteiger partial charge in [-0.3, -0.25) is 9.79 Å². The number of halogens is 2. The van der Waals surface area contributed by atoms with Crippen LogP contribution in [0.5, 0.6) is 0 Å². The third-order valence-corrected chi connectivity index (χ3v) is 4.38. The Kier molecular flexibility index (Phi) is 14.7. The topological polar surface area (TPSA) is 29.4 Å². The van der Waals surface area contributed by atoms with E-state index in [2.05, 4.69) is 51.4 Å². The summed E-state index contributed by atoms with van der Waals surface area (Å²) in [5, 5.41) is 0. The van der Waals surface area contributed by atoms with Crippen molar-refractivity contribution in [2.75, 3.05) is 0 Å². The molecular formula is C26H28ClFNORu+. The molecule has 0 N–H and O–H groups in total. The molecule has 2 nitrogen and oxygen atoms in total. The van der Waals surface area contributed by atoms with Crippen LogP contribution in [0.4, 0.5) is 10.1 Å². The maximum atomic E-state index is 13.0. The molecular weight excluding hydrogens is 498 g/mol. The normalized spacial score (nSPS) is 14.7. The number of carbonyl (C=O) groups excluding carboxylic acids is 1. The fourth-order valence-corrected chi connectivity index (χ4v) is 2.71. The Hall–Kier alpha value is -1.38. The fraction of sp³-hybridized carbons (Fsp3) is 0.231. The zero-order chi connectivity index (χ0) is 21.2. The second-order valence-corrected chi connectivity index (χ2v) is 7.36. The number of aliphatic imine (C=N–C) groups is 1. The third kappa shape index (κ3) is 11.2. The number of nitrogens with zero attached hydrogens (tertiary/aromatic N) is 1. The van der Waals surface area contributed by atoms with Crippen molar-refractivity contribution in [1.29, 1.82) is 0 Å². The summed E-state index contributed by atoms with van der Waals surface area (Å²) in [6.45, 7) is 8.34. The van der Waals surface area contributed by atoms with Crippen LogP contribution in [-0.2, 0) is 19.5 Å². The van der Waals surface area contributed by atoms with Gasteiger partial charge in [0.2, 0.25) is 0 Å². The monoisotopic (exact) mass is 526 g/mol. The second-order valence-electron chi connectivity index (χ2n) is 7.36. The number of hydrogen-bond donors (Lipinski definition) is 0. The van der Waals surface area contributed by atoms with Crippen molar-refractivity contribution in [1.82, 2.24) is 0 Å². The molecule has 2 aromatic rings. The molecule has 0 saturated heterocycles. The van der Waals surface area contributed by atoms with Gasteiger partial charge in [-0.25, -0.2) is 4.39 Å². The minimum atomic E-state index is -0.400. The van der Waals surface area contributed by atoms with Crippen molar-refractivity contribution in [3.63, 3.8) is 0 Å². The molecule has 31 heavy (non-hydrogen) atoms. The molecule has 6 radical (unpaired) electrons. The van der Waals surface area contributed by atoms with Crippen LogP contribution in [0.3, 0.4) is 0 Å². The number of rotatable bonds is 5. The summed E-state index contributed by atoms with van der Waals surface area (Å²) in [7, 11) is 0. The Morgan fingerprint density at radius 2 is 1.58 bits per heavy atom. The van der Waals surface area contributed by atoms with Crippen molar-refractivity contribution in [2.45, 2.75) is 34.1 Å². The number of para-hydroxylation sites is 1. The molecule has 0 unspecified atom stereocenters. The van der Waals surface area contributed by atoms with E-state index in [1.165, 1.54) is 30.0 Å². The van der Waals surface area contributed by atoms with Gasteiger partial charge >= 0.3 is 19.5 Å². The van der Waals surface area contributed by atoms with Crippen molar-refractivity contribution in [3.05, 3.63) is 103 Å². The van der Waals surface area contributed by atoms with Gasteiger partial charge in [-0.2, -0.15) is 0 Å². The Labute approximate surface area is 206 Å². The van der Waals surface area contributed by atoms with Crippen LogP contribution >= 0.6 is 0 Å². The summed E-state index contributed by atoms with van der Waals surface area (Å²) in [5.74, 6) is 2.88. The molecule has 3 rings (SSSR count). The zero-order valence-corrected chi connectivity index (χ0v) is 20.7. The van der Waals surface area contributed by atoms with Gasteiger partial charge in [-0.15, -0.1) is 0 Å². The quantitative estimate of drug-likeness (QED) is 0.331. The van der Waals surface area contributed by atoms with Crippen LogP contribution in [0.1, 0.15) is 44.5 Å². The van der Waals surface area contributed by atoms with Crippen molar-refractivity contribution in [3.8, 4) is 0 Å². The van der Waals surface area contributed by atoms with E-state index in [4.69, 9.17) is 0 Å². The van der Waals surface area contributed by atoms with Crippen molar-refractivity contribution in [2.24, 2.45) is 10.9 Å². The molecule has 164 valence electrons.